The molecule has 0 aromatic carbocycles. The normalized spacial score (nSPS) is 14.7. The fourth-order valence-electron chi connectivity index (χ4n) is 4.27. The van der Waals surface area contributed by atoms with E-state index >= 15 is 0 Å². The van der Waals surface area contributed by atoms with Gasteiger partial charge in [-0.25, -0.2) is 19.7 Å². The molecule has 0 saturated heterocycles. The topological polar surface area (TPSA) is 233 Å². The summed E-state index contributed by atoms with van der Waals surface area (Å²) in [7, 11) is -3.22. The first-order chi connectivity index (χ1) is 21.4. The van der Waals surface area contributed by atoms with Crippen LogP contribution in [0.4, 0.5) is 5.82 Å². The van der Waals surface area contributed by atoms with Crippen molar-refractivity contribution in [3.8, 4) is 6.07 Å². The summed E-state index contributed by atoms with van der Waals surface area (Å²) in [4.78, 5) is 28.7. The zero-order valence-corrected chi connectivity index (χ0v) is 27.4. The maximum Gasteiger partial charge on any atom is 0.341 e. The third-order valence-electron chi connectivity index (χ3n) is 7.74. The third kappa shape index (κ3) is 10.4. The number of carbonyl (C=O) groups excluding carboxylic acids is 2. The van der Waals surface area contributed by atoms with Crippen LogP contribution in [-0.4, -0.2) is 88.5 Å². The van der Waals surface area contributed by atoms with Crippen molar-refractivity contribution in [3.63, 3.8) is 0 Å². The predicted octanol–water partition coefficient (Wildman–Crippen LogP) is 1.88. The maximum absolute atomic E-state index is 13.8. The van der Waals surface area contributed by atoms with Crippen LogP contribution in [0.1, 0.15) is 65.2 Å². The zero-order chi connectivity index (χ0) is 33.6. The molecule has 0 radical (unpaired) electrons. The highest BCUT2D eigenvalue weighted by Crippen LogP contribution is 2.40. The van der Waals surface area contributed by atoms with Gasteiger partial charge in [0, 0.05) is 7.11 Å². The molecule has 1 unspecified atom stereocenters. The molecule has 0 aliphatic carbocycles. The predicted molar refractivity (Wildman–Crippen MR) is 163 cm³/mol. The molecule has 6 N–H and O–H groups in total. The van der Waals surface area contributed by atoms with Gasteiger partial charge >= 0.3 is 19.6 Å². The van der Waals surface area contributed by atoms with Crippen LogP contribution < -0.4 is 15.9 Å². The second-order valence-electron chi connectivity index (χ2n) is 10.5. The number of aliphatic hydroxyl groups excluding tert-OH is 2. The Hall–Kier alpha value is -3.16. The standard InChI is InChI=1S/C28H46N7O9P/c1-6-19(7-2)14-42-23(36)12-33-45(40,34-13-24(37)43-15-20(8-3)9-4)44-17-28(16-29,41-5)26(39)25(38)21-10-11-22-27(30)31-18-32-35(21)22/h10-11,18-20,25-26,38-39H,6-9,12-15,17H2,1-5H3,(H2,30,31,32)(H2,33,34,40)/t25-,26-,28?/m0/s1. The van der Waals surface area contributed by atoms with Gasteiger partial charge < -0.3 is 34.7 Å². The first-order valence-corrected chi connectivity index (χ1v) is 16.5. The molecule has 0 aliphatic rings. The smallest absolute Gasteiger partial charge is 0.341 e. The van der Waals surface area contributed by atoms with E-state index in [2.05, 4.69) is 20.3 Å². The number of nitrogen functional groups attached to an aromatic ring is 1. The highest BCUT2D eigenvalue weighted by Gasteiger charge is 2.46. The number of fused-ring (bicyclic) bond motifs is 1. The van der Waals surface area contributed by atoms with Crippen LogP contribution in [-0.2, 0) is 32.9 Å². The summed E-state index contributed by atoms with van der Waals surface area (Å²) in [5, 5.41) is 41.2. The molecular weight excluding hydrogens is 609 g/mol. The van der Waals surface area contributed by atoms with Crippen molar-refractivity contribution in [3.05, 3.63) is 24.2 Å². The number of nitriles is 1. The van der Waals surface area contributed by atoms with Gasteiger partial charge in [-0.1, -0.05) is 53.4 Å². The molecule has 2 rings (SSSR count). The molecule has 2 aromatic rings. The van der Waals surface area contributed by atoms with Crippen molar-refractivity contribution in [2.24, 2.45) is 11.8 Å². The van der Waals surface area contributed by atoms with Gasteiger partial charge in [0.05, 0.1) is 18.9 Å². The van der Waals surface area contributed by atoms with Gasteiger partial charge in [0.15, 0.2) is 5.82 Å². The van der Waals surface area contributed by atoms with E-state index in [1.165, 1.54) is 16.6 Å². The molecule has 0 amide bonds. The number of nitrogens with one attached hydrogen (secondary N) is 2. The van der Waals surface area contributed by atoms with Crippen molar-refractivity contribution in [1.29, 1.82) is 5.26 Å². The van der Waals surface area contributed by atoms with Gasteiger partial charge in [0.25, 0.3) is 0 Å². The van der Waals surface area contributed by atoms with Crippen LogP contribution in [0.5, 0.6) is 0 Å². The molecule has 2 heterocycles. The molecule has 17 heteroatoms. The molecule has 3 atom stereocenters. The van der Waals surface area contributed by atoms with Gasteiger partial charge in [-0.3, -0.25) is 14.2 Å². The lowest BCUT2D eigenvalue weighted by atomic mass is 9.93. The number of methoxy groups -OCH3 is 1. The summed E-state index contributed by atoms with van der Waals surface area (Å²) < 4.78 is 36.5. The Morgan fingerprint density at radius 2 is 1.58 bits per heavy atom. The molecular formula is C28H46N7O9P. The summed E-state index contributed by atoms with van der Waals surface area (Å²) >= 11 is 0. The number of nitrogens with two attached hydrogens (primary N) is 1. The van der Waals surface area contributed by atoms with Crippen LogP contribution in [0.15, 0.2) is 18.5 Å². The van der Waals surface area contributed by atoms with Gasteiger partial charge in [-0.15, -0.1) is 0 Å². The van der Waals surface area contributed by atoms with Gasteiger partial charge in [0.1, 0.15) is 49.8 Å². The quantitative estimate of drug-likeness (QED) is 0.0954. The number of carbonyl (C=O) groups is 2. The number of aliphatic hydroxyl groups is 2. The summed E-state index contributed by atoms with van der Waals surface area (Å²) in [6.07, 6.45) is 0.650. The molecule has 0 saturated carbocycles. The third-order valence-corrected chi connectivity index (χ3v) is 9.38. The van der Waals surface area contributed by atoms with E-state index in [1.807, 2.05) is 27.7 Å². The van der Waals surface area contributed by atoms with E-state index in [0.717, 1.165) is 39.1 Å². The number of anilines is 1. The molecule has 0 bridgehead atoms. The lowest BCUT2D eigenvalue weighted by molar-refractivity contribution is -0.144. The Labute approximate surface area is 263 Å². The molecule has 16 nitrogen and oxygen atoms in total. The number of aromatic nitrogens is 3. The summed E-state index contributed by atoms with van der Waals surface area (Å²) in [5.74, 6) is -1.01. The van der Waals surface area contributed by atoms with Crippen molar-refractivity contribution in [2.75, 3.05) is 45.8 Å². The molecule has 45 heavy (non-hydrogen) atoms. The number of nitrogens with zero attached hydrogens (tertiary/aromatic N) is 4. The molecule has 0 spiro atoms. The molecule has 0 aliphatic heterocycles. The number of hydrogen-bond donors (Lipinski definition) is 5. The van der Waals surface area contributed by atoms with Crippen molar-refractivity contribution >= 4 is 30.9 Å². The van der Waals surface area contributed by atoms with Crippen molar-refractivity contribution < 1.29 is 43.1 Å². The van der Waals surface area contributed by atoms with Gasteiger partial charge in [-0.2, -0.15) is 10.4 Å². The van der Waals surface area contributed by atoms with Crippen LogP contribution >= 0.6 is 7.67 Å². The fourth-order valence-corrected chi connectivity index (χ4v) is 5.61. The number of ether oxygens (including phenoxy) is 3. The number of hydrogen-bond acceptors (Lipinski definition) is 13. The minimum Gasteiger partial charge on any atom is -0.464 e. The number of esters is 2. The second kappa shape index (κ2) is 18.1. The maximum atomic E-state index is 13.8. The Morgan fingerprint density at radius 1 is 1.04 bits per heavy atom. The first kappa shape index (κ1) is 38.0. The zero-order valence-electron chi connectivity index (χ0n) is 26.5. The van der Waals surface area contributed by atoms with E-state index in [-0.39, 0.29) is 36.6 Å². The van der Waals surface area contributed by atoms with Crippen LogP contribution in [0.25, 0.3) is 5.52 Å². The van der Waals surface area contributed by atoms with Crippen LogP contribution in [0.3, 0.4) is 0 Å². The minimum absolute atomic E-state index is 0.0584. The first-order valence-electron chi connectivity index (χ1n) is 14.9. The SMILES string of the molecule is CCC(CC)COC(=O)CNP(=O)(NCC(=O)OCC(CC)CC)OCC(C#N)(OC)[C@@H](O)[C@@H](O)c1ccc2c(N)ncnn12. The Balaban J connectivity index is 2.23. The van der Waals surface area contributed by atoms with Crippen LogP contribution in [0, 0.1) is 23.2 Å². The highest BCUT2D eigenvalue weighted by molar-refractivity contribution is 7.54. The highest BCUT2D eigenvalue weighted by atomic mass is 31.2. The lowest BCUT2D eigenvalue weighted by Gasteiger charge is -2.33. The van der Waals surface area contributed by atoms with Crippen LogP contribution in [0.2, 0.25) is 0 Å². The van der Waals surface area contributed by atoms with E-state index < -0.39 is 57.1 Å². The summed E-state index contributed by atoms with van der Waals surface area (Å²) in [5.41, 5.74) is 3.97. The molecule has 252 valence electrons. The minimum atomic E-state index is -4.32. The largest absolute Gasteiger partial charge is 0.464 e. The van der Waals surface area contributed by atoms with E-state index in [1.54, 1.807) is 6.07 Å². The summed E-state index contributed by atoms with van der Waals surface area (Å²) in [6.45, 7) is 6.22. The Kier molecular flexibility index (Phi) is 15.3. The van der Waals surface area contributed by atoms with Crippen molar-refractivity contribution in [1.82, 2.24) is 24.8 Å². The monoisotopic (exact) mass is 655 g/mol. The lowest BCUT2D eigenvalue weighted by Crippen LogP contribution is -2.50. The van der Waals surface area contributed by atoms with Gasteiger partial charge in [-0.05, 0) is 24.0 Å². The molecule has 2 aromatic heterocycles. The average Bonchev–Trinajstić information content (AvgIpc) is 3.49. The van der Waals surface area contributed by atoms with E-state index in [0.29, 0.717) is 5.52 Å². The average molecular weight is 656 g/mol. The van der Waals surface area contributed by atoms with E-state index in [4.69, 9.17) is 24.5 Å². The van der Waals surface area contributed by atoms with Gasteiger partial charge in [0.2, 0.25) is 5.60 Å². The molecule has 0 fully saturated rings. The Bertz CT molecular complexity index is 1290. The van der Waals surface area contributed by atoms with E-state index in [9.17, 15) is 29.6 Å². The Morgan fingerprint density at radius 3 is 2.04 bits per heavy atom. The fraction of sp³-hybridized carbons (Fsp3) is 0.679. The van der Waals surface area contributed by atoms with Crippen molar-refractivity contribution in [2.45, 2.75) is 71.2 Å². The number of rotatable bonds is 21. The summed E-state index contributed by atoms with van der Waals surface area (Å²) in [6, 6.07) is 4.73. The second-order valence-corrected chi connectivity index (χ2v) is 12.5.